The fourth-order valence-electron chi connectivity index (χ4n) is 7.15. The number of thiophene rings is 1. The molecule has 13 heteroatoms. The van der Waals surface area contributed by atoms with Crippen LogP contribution in [0.15, 0.2) is 65.5 Å². The molecule has 0 saturated carbocycles. The average Bonchev–Trinajstić information content (AvgIpc) is 3.64. The quantitative estimate of drug-likeness (QED) is 0.0840. The minimum absolute atomic E-state index is 0.00730. The van der Waals surface area contributed by atoms with Gasteiger partial charge in [-0.25, -0.2) is 4.79 Å². The number of fused-ring (bicyclic) bond motifs is 1. The lowest BCUT2D eigenvalue weighted by molar-refractivity contribution is -0.127. The van der Waals surface area contributed by atoms with Crippen LogP contribution in [0.4, 0.5) is 0 Å². The zero-order chi connectivity index (χ0) is 38.7. The van der Waals surface area contributed by atoms with Crippen LogP contribution in [0, 0.1) is 0 Å². The molecule has 0 radical (unpaired) electrons. The lowest BCUT2D eigenvalue weighted by atomic mass is 9.89. The number of nitrogens with zero attached hydrogens (tertiary/aromatic N) is 2. The number of piperidine rings is 1. The zero-order valence-electron chi connectivity index (χ0n) is 32.3. The third-order valence-electron chi connectivity index (χ3n) is 11.3. The lowest BCUT2D eigenvalue weighted by Crippen LogP contribution is -2.57. The summed E-state index contributed by atoms with van der Waals surface area (Å²) in [6, 6.07) is 19.0. The van der Waals surface area contributed by atoms with E-state index in [-0.39, 0.29) is 34.0 Å². The molecule has 2 saturated heterocycles. The molecule has 1 unspecified atom stereocenters. The SMILES string of the molecule is COC(=O)c1ccc(C(=O)N2CCOC3(CCN(Cc4cccc(CCNCC(O[Si](C)(C)C(C)(C)C)c5ccc(O)c6[nH]c(=O)ccc56)c4)CC3)C2)s1. The average molecular weight is 775 g/mol. The van der Waals surface area contributed by atoms with E-state index in [0.717, 1.165) is 56.4 Å². The Bertz CT molecular complexity index is 2010. The number of nitrogens with one attached hydrogen (secondary N) is 2. The highest BCUT2D eigenvalue weighted by molar-refractivity contribution is 7.15. The van der Waals surface area contributed by atoms with Crippen molar-refractivity contribution in [1.82, 2.24) is 20.1 Å². The second-order valence-corrected chi connectivity index (χ2v) is 22.0. The van der Waals surface area contributed by atoms with Crippen molar-refractivity contribution in [3.8, 4) is 5.75 Å². The summed E-state index contributed by atoms with van der Waals surface area (Å²) >= 11 is 1.17. The number of pyridine rings is 1. The number of phenolic OH excluding ortho intramolecular Hbond substituents is 1. The van der Waals surface area contributed by atoms with Crippen molar-refractivity contribution in [2.45, 2.75) is 76.4 Å². The monoisotopic (exact) mass is 774 g/mol. The van der Waals surface area contributed by atoms with Gasteiger partial charge in [-0.05, 0) is 84.9 Å². The standard InChI is InChI=1S/C41H54N4O7SSi/c1-40(2,3)54(5,6)52-33(30-10-12-32(46)37-31(30)11-15-36(47)43-37)25-42-19-16-28-8-7-9-29(24-28)26-44-20-17-41(18-21-44)27-45(22-23-51-41)38(48)34-13-14-35(53-34)39(49)50-4/h7-15,24,33,42,46H,16-23,25-27H2,1-6H3,(H,43,47). The molecule has 11 nitrogen and oxygen atoms in total. The number of hydrogen-bond acceptors (Lipinski definition) is 10. The number of aromatic amines is 1. The van der Waals surface area contributed by atoms with E-state index in [1.54, 1.807) is 24.3 Å². The molecular weight excluding hydrogens is 721 g/mol. The number of aromatic hydroxyl groups is 1. The van der Waals surface area contributed by atoms with Crippen LogP contribution in [-0.4, -0.2) is 98.7 Å². The van der Waals surface area contributed by atoms with Gasteiger partial charge in [0.05, 0.1) is 42.4 Å². The van der Waals surface area contributed by atoms with Gasteiger partial charge in [-0.2, -0.15) is 0 Å². The number of amides is 1. The maximum Gasteiger partial charge on any atom is 0.348 e. The Labute approximate surface area is 322 Å². The number of rotatable bonds is 12. The molecule has 290 valence electrons. The third-order valence-corrected chi connectivity index (χ3v) is 16.9. The molecule has 2 aromatic heterocycles. The highest BCUT2D eigenvalue weighted by Crippen LogP contribution is 2.41. The van der Waals surface area contributed by atoms with Gasteiger partial charge in [-0.15, -0.1) is 11.3 Å². The topological polar surface area (TPSA) is 133 Å². The Kier molecular flexibility index (Phi) is 12.2. The predicted octanol–water partition coefficient (Wildman–Crippen LogP) is 6.48. The summed E-state index contributed by atoms with van der Waals surface area (Å²) in [5.74, 6) is -0.441. The predicted molar refractivity (Wildman–Crippen MR) is 215 cm³/mol. The normalized spacial score (nSPS) is 17.2. The molecule has 54 heavy (non-hydrogen) atoms. The van der Waals surface area contributed by atoms with Crippen LogP contribution in [0.3, 0.4) is 0 Å². The van der Waals surface area contributed by atoms with E-state index in [0.29, 0.717) is 41.5 Å². The first kappa shape index (κ1) is 39.8. The van der Waals surface area contributed by atoms with Gasteiger partial charge >= 0.3 is 5.97 Å². The maximum absolute atomic E-state index is 13.3. The van der Waals surface area contributed by atoms with Crippen molar-refractivity contribution < 1.29 is 28.6 Å². The number of aromatic nitrogens is 1. The summed E-state index contributed by atoms with van der Waals surface area (Å²) in [5, 5.41) is 15.0. The molecule has 3 N–H and O–H groups in total. The van der Waals surface area contributed by atoms with Gasteiger partial charge in [0.1, 0.15) is 10.6 Å². The van der Waals surface area contributed by atoms with Crippen molar-refractivity contribution in [3.63, 3.8) is 0 Å². The Morgan fingerprint density at radius 1 is 1.04 bits per heavy atom. The first-order valence-corrected chi connectivity index (χ1v) is 22.5. The number of carbonyl (C=O) groups excluding carboxylic acids is 2. The Balaban J connectivity index is 1.03. The van der Waals surface area contributed by atoms with Crippen LogP contribution < -0.4 is 10.9 Å². The fraction of sp³-hybridized carbons (Fsp3) is 0.488. The molecule has 2 aromatic carbocycles. The molecule has 6 rings (SSSR count). The summed E-state index contributed by atoms with van der Waals surface area (Å²) in [6.45, 7) is 16.7. The second-order valence-electron chi connectivity index (χ2n) is 16.1. The third kappa shape index (κ3) is 9.15. The van der Waals surface area contributed by atoms with Gasteiger partial charge < -0.3 is 34.2 Å². The molecule has 2 aliphatic rings. The number of likely N-dealkylation sites (tertiary alicyclic amines) is 1. The first-order valence-electron chi connectivity index (χ1n) is 18.8. The second kappa shape index (κ2) is 16.5. The summed E-state index contributed by atoms with van der Waals surface area (Å²) in [7, 11) is -0.831. The molecule has 4 aromatic rings. The van der Waals surface area contributed by atoms with Crippen LogP contribution in [0.25, 0.3) is 10.9 Å². The molecule has 1 amide bonds. The number of methoxy groups -OCH3 is 1. The minimum atomic E-state index is -2.17. The number of hydrogen-bond donors (Lipinski definition) is 3. The van der Waals surface area contributed by atoms with Gasteiger partial charge in [0.2, 0.25) is 5.56 Å². The van der Waals surface area contributed by atoms with E-state index >= 15 is 0 Å². The first-order chi connectivity index (χ1) is 25.7. The molecule has 1 spiro atoms. The van der Waals surface area contributed by atoms with Gasteiger partial charge in [0.15, 0.2) is 8.32 Å². The van der Waals surface area contributed by atoms with E-state index in [2.05, 4.69) is 73.3 Å². The van der Waals surface area contributed by atoms with Crippen LogP contribution in [-0.2, 0) is 26.9 Å². The van der Waals surface area contributed by atoms with Gasteiger partial charge in [0, 0.05) is 44.2 Å². The van der Waals surface area contributed by atoms with E-state index in [9.17, 15) is 19.5 Å². The summed E-state index contributed by atoms with van der Waals surface area (Å²) in [4.78, 5) is 45.4. The smallest absolute Gasteiger partial charge is 0.348 e. The van der Waals surface area contributed by atoms with E-state index in [1.807, 2.05) is 11.0 Å². The highest BCUT2D eigenvalue weighted by Gasteiger charge is 2.42. The van der Waals surface area contributed by atoms with Crippen LogP contribution in [0.2, 0.25) is 18.1 Å². The molecule has 0 bridgehead atoms. The molecular formula is C41H54N4O7SSi. The number of carbonyl (C=O) groups is 2. The largest absolute Gasteiger partial charge is 0.506 e. The molecule has 4 heterocycles. The Hall–Kier alpha value is -3.85. The molecule has 2 fully saturated rings. The minimum Gasteiger partial charge on any atom is -0.506 e. The molecule has 1 atom stereocenters. The van der Waals surface area contributed by atoms with Crippen LogP contribution >= 0.6 is 11.3 Å². The van der Waals surface area contributed by atoms with Crippen molar-refractivity contribution in [1.29, 1.82) is 0 Å². The van der Waals surface area contributed by atoms with Gasteiger partial charge in [0.25, 0.3) is 5.91 Å². The number of esters is 1. The van der Waals surface area contributed by atoms with E-state index < -0.39 is 14.3 Å². The zero-order valence-corrected chi connectivity index (χ0v) is 34.1. The number of H-pyrrole nitrogens is 1. The van der Waals surface area contributed by atoms with Crippen molar-refractivity contribution in [2.24, 2.45) is 0 Å². The summed E-state index contributed by atoms with van der Waals surface area (Å²) < 4.78 is 18.1. The number of benzene rings is 2. The van der Waals surface area contributed by atoms with Crippen LogP contribution in [0.5, 0.6) is 5.75 Å². The number of ether oxygens (including phenoxy) is 2. The number of phenols is 1. The lowest BCUT2D eigenvalue weighted by Gasteiger charge is -2.47. The molecule has 2 aliphatic heterocycles. The maximum atomic E-state index is 13.3. The van der Waals surface area contributed by atoms with Crippen LogP contribution in [0.1, 0.15) is 75.8 Å². The number of morpholine rings is 1. The van der Waals surface area contributed by atoms with Gasteiger partial charge in [-0.3, -0.25) is 14.5 Å². The Morgan fingerprint density at radius 3 is 2.52 bits per heavy atom. The fourth-order valence-corrected chi connectivity index (χ4v) is 9.32. The summed E-state index contributed by atoms with van der Waals surface area (Å²) in [5.41, 5.74) is 3.29. The Morgan fingerprint density at radius 2 is 1.78 bits per heavy atom. The van der Waals surface area contributed by atoms with Crippen molar-refractivity contribution in [3.05, 3.63) is 97.5 Å². The van der Waals surface area contributed by atoms with Crippen molar-refractivity contribution in [2.75, 3.05) is 53.0 Å². The van der Waals surface area contributed by atoms with Crippen molar-refractivity contribution >= 4 is 42.4 Å². The van der Waals surface area contributed by atoms with E-state index in [4.69, 9.17) is 13.9 Å². The summed E-state index contributed by atoms with van der Waals surface area (Å²) in [6.07, 6.45) is 2.30. The van der Waals surface area contributed by atoms with Gasteiger partial charge in [-0.1, -0.05) is 51.1 Å². The highest BCUT2D eigenvalue weighted by atomic mass is 32.1. The van der Waals surface area contributed by atoms with E-state index in [1.165, 1.54) is 35.6 Å². The molecule has 0 aliphatic carbocycles.